The molecule has 19 heavy (non-hydrogen) atoms. The number of amidine groups is 1. The highest BCUT2D eigenvalue weighted by atomic mass is 32.2. The number of benzene rings is 1. The number of oxime groups is 1. The lowest BCUT2D eigenvalue weighted by Crippen LogP contribution is -2.15. The molecule has 2 rings (SSSR count). The average Bonchev–Trinajstić information content (AvgIpc) is 2.82. The Morgan fingerprint density at radius 2 is 2.37 bits per heavy atom. The fraction of sp³-hybridized carbons (Fsp3) is 0.167. The van der Waals surface area contributed by atoms with Gasteiger partial charge in [-0.3, -0.25) is 0 Å². The van der Waals surface area contributed by atoms with Crippen LogP contribution < -0.4 is 5.73 Å². The molecule has 1 aromatic carbocycles. The Balaban J connectivity index is 2.17. The largest absolute Gasteiger partial charge is 0.440 e. The Bertz CT molecular complexity index is 613. The van der Waals surface area contributed by atoms with Crippen molar-refractivity contribution in [1.29, 1.82) is 0 Å². The van der Waals surface area contributed by atoms with Crippen molar-refractivity contribution in [2.45, 2.75) is 17.9 Å². The monoisotopic (exact) mass is 281 g/mol. The lowest BCUT2D eigenvalue weighted by Gasteiger charge is -2.05. The zero-order valence-electron chi connectivity index (χ0n) is 10.1. The lowest BCUT2D eigenvalue weighted by molar-refractivity contribution is 0.318. The fourth-order valence-corrected chi connectivity index (χ4v) is 2.31. The van der Waals surface area contributed by atoms with Gasteiger partial charge in [-0.15, -0.1) is 0 Å². The molecular weight excluding hydrogens is 269 g/mol. The van der Waals surface area contributed by atoms with E-state index in [-0.39, 0.29) is 11.4 Å². The van der Waals surface area contributed by atoms with Gasteiger partial charge in [-0.2, -0.15) is 0 Å². The molecule has 1 aromatic heterocycles. The molecular formula is C12H12FN3O2S. The normalized spacial score (nSPS) is 11.8. The Labute approximate surface area is 113 Å². The van der Waals surface area contributed by atoms with Crippen LogP contribution in [0.1, 0.15) is 16.8 Å². The maximum Gasteiger partial charge on any atom is 0.256 e. The summed E-state index contributed by atoms with van der Waals surface area (Å²) >= 11 is 1.28. The van der Waals surface area contributed by atoms with Gasteiger partial charge < -0.3 is 15.4 Å². The molecule has 1 heterocycles. The number of aryl methyl sites for hydroxylation is 1. The number of thioether (sulfide) groups is 1. The molecule has 0 amide bonds. The number of nitrogens with zero attached hydrogens (tertiary/aromatic N) is 2. The summed E-state index contributed by atoms with van der Waals surface area (Å²) in [5.74, 6) is -0.414. The first-order valence-electron chi connectivity index (χ1n) is 5.42. The average molecular weight is 281 g/mol. The lowest BCUT2D eigenvalue weighted by atomic mass is 10.1. The number of nitrogens with two attached hydrogens (primary N) is 1. The van der Waals surface area contributed by atoms with Crippen LogP contribution in [-0.4, -0.2) is 16.0 Å². The zero-order chi connectivity index (χ0) is 13.8. The molecule has 0 radical (unpaired) electrons. The number of hydrogen-bond acceptors (Lipinski definition) is 5. The first kappa shape index (κ1) is 13.4. The molecule has 2 aromatic rings. The first-order chi connectivity index (χ1) is 9.11. The third kappa shape index (κ3) is 3.05. The summed E-state index contributed by atoms with van der Waals surface area (Å²) in [5, 5.41) is 11.9. The maximum absolute atomic E-state index is 14.1. The second kappa shape index (κ2) is 5.75. The minimum absolute atomic E-state index is 0.0733. The third-order valence-corrected chi connectivity index (χ3v) is 3.30. The SMILES string of the molecule is Cc1coc(SCc2cccc(/C(N)=N/O)c2F)n1. The van der Waals surface area contributed by atoms with Crippen molar-refractivity contribution in [3.8, 4) is 0 Å². The van der Waals surface area contributed by atoms with Crippen molar-refractivity contribution in [3.63, 3.8) is 0 Å². The summed E-state index contributed by atoms with van der Waals surface area (Å²) in [4.78, 5) is 4.11. The molecule has 3 N–H and O–H groups in total. The number of oxazole rings is 1. The van der Waals surface area contributed by atoms with E-state index in [4.69, 9.17) is 15.4 Å². The van der Waals surface area contributed by atoms with Crippen molar-refractivity contribution in [1.82, 2.24) is 4.98 Å². The number of rotatable bonds is 4. The number of hydrogen-bond donors (Lipinski definition) is 2. The Kier molecular flexibility index (Phi) is 4.06. The summed E-state index contributed by atoms with van der Waals surface area (Å²) in [6.07, 6.45) is 1.53. The van der Waals surface area contributed by atoms with E-state index < -0.39 is 5.82 Å². The van der Waals surface area contributed by atoms with E-state index in [1.165, 1.54) is 24.1 Å². The van der Waals surface area contributed by atoms with E-state index in [1.807, 2.05) is 6.92 Å². The van der Waals surface area contributed by atoms with E-state index in [9.17, 15) is 4.39 Å². The minimum Gasteiger partial charge on any atom is -0.440 e. The standard InChI is InChI=1S/C12H12FN3O2S/c1-7-5-18-12(15-7)19-6-8-3-2-4-9(10(8)13)11(14)16-17/h2-5,17H,6H2,1H3,(H2,14,16). The topological polar surface area (TPSA) is 84.6 Å². The molecule has 0 saturated heterocycles. The van der Waals surface area contributed by atoms with E-state index in [2.05, 4.69) is 10.1 Å². The predicted molar refractivity (Wildman–Crippen MR) is 69.7 cm³/mol. The highest BCUT2D eigenvalue weighted by molar-refractivity contribution is 7.98. The van der Waals surface area contributed by atoms with Crippen LogP contribution in [0.2, 0.25) is 0 Å². The zero-order valence-corrected chi connectivity index (χ0v) is 10.9. The Morgan fingerprint density at radius 1 is 1.58 bits per heavy atom. The van der Waals surface area contributed by atoms with E-state index >= 15 is 0 Å². The van der Waals surface area contributed by atoms with Gasteiger partial charge in [0.15, 0.2) is 5.84 Å². The van der Waals surface area contributed by atoms with Crippen LogP contribution in [0.15, 0.2) is 39.3 Å². The van der Waals surface area contributed by atoms with Crippen LogP contribution in [0.3, 0.4) is 0 Å². The smallest absolute Gasteiger partial charge is 0.256 e. The van der Waals surface area contributed by atoms with Gasteiger partial charge in [0.2, 0.25) is 0 Å². The third-order valence-electron chi connectivity index (χ3n) is 2.41. The van der Waals surface area contributed by atoms with Gasteiger partial charge in [0.1, 0.15) is 12.1 Å². The highest BCUT2D eigenvalue weighted by Crippen LogP contribution is 2.24. The highest BCUT2D eigenvalue weighted by Gasteiger charge is 2.12. The van der Waals surface area contributed by atoms with Gasteiger partial charge >= 0.3 is 0 Å². The summed E-state index contributed by atoms with van der Waals surface area (Å²) in [7, 11) is 0. The van der Waals surface area contributed by atoms with Gasteiger partial charge in [0, 0.05) is 5.75 Å². The summed E-state index contributed by atoms with van der Waals surface area (Å²) in [5.41, 5.74) is 6.68. The molecule has 0 aliphatic heterocycles. The molecule has 0 unspecified atom stereocenters. The predicted octanol–water partition coefficient (Wildman–Crippen LogP) is 2.51. The molecule has 0 saturated carbocycles. The second-order valence-electron chi connectivity index (χ2n) is 3.81. The van der Waals surface area contributed by atoms with Crippen LogP contribution in [0.25, 0.3) is 0 Å². The van der Waals surface area contributed by atoms with Crippen LogP contribution in [0.5, 0.6) is 0 Å². The van der Waals surface area contributed by atoms with Gasteiger partial charge in [-0.05, 0) is 18.6 Å². The molecule has 7 heteroatoms. The number of halogens is 1. The Hall–Kier alpha value is -2.02. The quantitative estimate of drug-likeness (QED) is 0.296. The van der Waals surface area contributed by atoms with Crippen molar-refractivity contribution < 1.29 is 14.0 Å². The molecule has 100 valence electrons. The molecule has 0 aliphatic carbocycles. The molecule has 0 fully saturated rings. The van der Waals surface area contributed by atoms with Crippen molar-refractivity contribution in [2.24, 2.45) is 10.9 Å². The summed E-state index contributed by atoms with van der Waals surface area (Å²) < 4.78 is 19.2. The van der Waals surface area contributed by atoms with Gasteiger partial charge in [0.05, 0.1) is 11.3 Å². The molecule has 0 bridgehead atoms. The van der Waals surface area contributed by atoms with E-state index in [0.29, 0.717) is 16.5 Å². The van der Waals surface area contributed by atoms with E-state index in [1.54, 1.807) is 12.1 Å². The number of aromatic nitrogens is 1. The van der Waals surface area contributed by atoms with Gasteiger partial charge in [-0.1, -0.05) is 29.1 Å². The second-order valence-corrected chi connectivity index (χ2v) is 4.73. The van der Waals surface area contributed by atoms with Crippen LogP contribution in [0, 0.1) is 12.7 Å². The molecule has 5 nitrogen and oxygen atoms in total. The van der Waals surface area contributed by atoms with Crippen LogP contribution in [-0.2, 0) is 5.75 Å². The van der Waals surface area contributed by atoms with Crippen LogP contribution >= 0.6 is 11.8 Å². The summed E-state index contributed by atoms with van der Waals surface area (Å²) in [6.45, 7) is 1.81. The van der Waals surface area contributed by atoms with Crippen molar-refractivity contribution in [3.05, 3.63) is 47.1 Å². The molecule has 0 spiro atoms. The fourth-order valence-electron chi connectivity index (χ4n) is 1.48. The van der Waals surface area contributed by atoms with Crippen molar-refractivity contribution in [2.75, 3.05) is 0 Å². The summed E-state index contributed by atoms with van der Waals surface area (Å²) in [6, 6.07) is 4.73. The maximum atomic E-state index is 14.1. The molecule has 0 aliphatic rings. The van der Waals surface area contributed by atoms with Gasteiger partial charge in [0.25, 0.3) is 5.22 Å². The van der Waals surface area contributed by atoms with Gasteiger partial charge in [-0.25, -0.2) is 9.37 Å². The first-order valence-corrected chi connectivity index (χ1v) is 6.40. The van der Waals surface area contributed by atoms with Crippen molar-refractivity contribution >= 4 is 17.6 Å². The Morgan fingerprint density at radius 3 is 3.00 bits per heavy atom. The van der Waals surface area contributed by atoms with E-state index in [0.717, 1.165) is 5.69 Å². The minimum atomic E-state index is -0.506. The van der Waals surface area contributed by atoms with Crippen LogP contribution in [0.4, 0.5) is 4.39 Å². The molecule has 0 atom stereocenters.